The van der Waals surface area contributed by atoms with Crippen LogP contribution in [0.3, 0.4) is 0 Å². The van der Waals surface area contributed by atoms with Crippen molar-refractivity contribution in [2.75, 3.05) is 0 Å². The molecule has 0 fully saturated rings. The van der Waals surface area contributed by atoms with Gasteiger partial charge in [0.25, 0.3) is 5.56 Å². The fourth-order valence-electron chi connectivity index (χ4n) is 4.78. The lowest BCUT2D eigenvalue weighted by Gasteiger charge is -2.20. The molecule has 6 rings (SSSR count). The van der Waals surface area contributed by atoms with Gasteiger partial charge in [-0.2, -0.15) is 5.10 Å². The fraction of sp³-hybridized carbons (Fsp3) is 0.143. The minimum Gasteiger partial charge on any atom is -0.280 e. The Morgan fingerprint density at radius 1 is 1.03 bits per heavy atom. The van der Waals surface area contributed by atoms with Gasteiger partial charge < -0.3 is 0 Å². The van der Waals surface area contributed by atoms with Crippen LogP contribution >= 0.6 is 11.3 Å². The maximum absolute atomic E-state index is 14.2. The summed E-state index contributed by atoms with van der Waals surface area (Å²) in [5, 5.41) is 5.93. The van der Waals surface area contributed by atoms with Crippen molar-refractivity contribution >= 4 is 32.3 Å². The van der Waals surface area contributed by atoms with E-state index in [4.69, 9.17) is 0 Å². The topological polar surface area (TPSA) is 65.6 Å². The first-order valence-corrected chi connectivity index (χ1v) is 12.4. The summed E-state index contributed by atoms with van der Waals surface area (Å²) in [5.41, 5.74) is 7.33. The number of aromatic nitrogens is 5. The fourth-order valence-corrected chi connectivity index (χ4v) is 5.47. The van der Waals surface area contributed by atoms with Gasteiger partial charge in [0.2, 0.25) is 0 Å². The van der Waals surface area contributed by atoms with Crippen molar-refractivity contribution < 1.29 is 0 Å². The zero-order valence-electron chi connectivity index (χ0n) is 19.4. The molecule has 0 saturated heterocycles. The molecule has 0 bridgehead atoms. The molecule has 0 aliphatic rings. The molecule has 6 nitrogen and oxygen atoms in total. The number of thiazole rings is 1. The van der Waals surface area contributed by atoms with E-state index in [0.29, 0.717) is 11.8 Å². The van der Waals surface area contributed by atoms with E-state index in [1.165, 1.54) is 0 Å². The van der Waals surface area contributed by atoms with Crippen molar-refractivity contribution in [1.29, 1.82) is 0 Å². The number of aryl methyl sites for hydroxylation is 1. The molecule has 0 N–H and O–H groups in total. The Balaban J connectivity index is 1.57. The number of benzene rings is 2. The van der Waals surface area contributed by atoms with Gasteiger partial charge in [-0.25, -0.2) is 4.98 Å². The molecule has 0 amide bonds. The lowest BCUT2D eigenvalue weighted by atomic mass is 9.95. The maximum Gasteiger partial charge on any atom is 0.263 e. The molecule has 4 heterocycles. The van der Waals surface area contributed by atoms with Gasteiger partial charge in [0.1, 0.15) is 5.52 Å². The van der Waals surface area contributed by atoms with E-state index in [2.05, 4.69) is 28.1 Å². The highest BCUT2D eigenvalue weighted by Crippen LogP contribution is 2.31. The summed E-state index contributed by atoms with van der Waals surface area (Å²) in [6.45, 7) is 2.15. The second-order valence-corrected chi connectivity index (χ2v) is 9.67. The van der Waals surface area contributed by atoms with Gasteiger partial charge in [-0.1, -0.05) is 43.3 Å². The van der Waals surface area contributed by atoms with Crippen LogP contribution in [0.15, 0.2) is 89.6 Å². The molecule has 4 aromatic heterocycles. The molecule has 35 heavy (non-hydrogen) atoms. The predicted molar refractivity (Wildman–Crippen MR) is 141 cm³/mol. The molecule has 2 aromatic carbocycles. The molecule has 0 spiro atoms. The summed E-state index contributed by atoms with van der Waals surface area (Å²) >= 11 is 1.62. The summed E-state index contributed by atoms with van der Waals surface area (Å²) in [4.78, 5) is 23.4. The Morgan fingerprint density at radius 2 is 1.89 bits per heavy atom. The minimum absolute atomic E-state index is 0.0326. The van der Waals surface area contributed by atoms with Crippen LogP contribution in [-0.2, 0) is 13.5 Å². The average Bonchev–Trinajstić information content (AvgIpc) is 3.53. The number of hydrogen-bond acceptors (Lipinski definition) is 5. The molecule has 7 heteroatoms. The molecule has 0 saturated carbocycles. The van der Waals surface area contributed by atoms with Crippen molar-refractivity contribution in [2.45, 2.75) is 19.3 Å². The van der Waals surface area contributed by atoms with E-state index in [1.807, 2.05) is 84.1 Å². The standard InChI is InChI=1S/C28H23N5OS/c1-18(13-23-27-25(11-12-29-23)35-17-30-27)24-14-19-7-6-10-22(20-15-31-32(2)16-20)26(19)28(34)33(24)21-8-4-3-5-9-21/h3-12,14-18H,13H2,1-2H3/t18-/m1/s1. The van der Waals surface area contributed by atoms with Crippen molar-refractivity contribution in [3.05, 3.63) is 107 Å². The molecule has 1 atom stereocenters. The monoisotopic (exact) mass is 477 g/mol. The number of rotatable bonds is 5. The van der Waals surface area contributed by atoms with Gasteiger partial charge in [0.15, 0.2) is 0 Å². The first-order chi connectivity index (χ1) is 17.1. The van der Waals surface area contributed by atoms with E-state index < -0.39 is 0 Å². The highest BCUT2D eigenvalue weighted by molar-refractivity contribution is 7.16. The number of fused-ring (bicyclic) bond motifs is 2. The lowest BCUT2D eigenvalue weighted by Crippen LogP contribution is -2.24. The Kier molecular flexibility index (Phi) is 5.26. The summed E-state index contributed by atoms with van der Waals surface area (Å²) < 4.78 is 4.74. The van der Waals surface area contributed by atoms with Gasteiger partial charge in [0, 0.05) is 42.3 Å². The summed E-state index contributed by atoms with van der Waals surface area (Å²) in [6, 6.07) is 20.0. The van der Waals surface area contributed by atoms with Crippen molar-refractivity contribution in [3.63, 3.8) is 0 Å². The summed E-state index contributed by atoms with van der Waals surface area (Å²) in [5.74, 6) is 0.0363. The smallest absolute Gasteiger partial charge is 0.263 e. The zero-order valence-corrected chi connectivity index (χ0v) is 20.2. The van der Waals surface area contributed by atoms with Crippen LogP contribution in [0.4, 0.5) is 0 Å². The zero-order chi connectivity index (χ0) is 23.9. The van der Waals surface area contributed by atoms with Crippen LogP contribution in [0.2, 0.25) is 0 Å². The lowest BCUT2D eigenvalue weighted by molar-refractivity contribution is 0.688. The molecule has 0 aliphatic heterocycles. The van der Waals surface area contributed by atoms with E-state index >= 15 is 0 Å². The number of para-hydroxylation sites is 1. The van der Waals surface area contributed by atoms with Gasteiger partial charge >= 0.3 is 0 Å². The third-order valence-corrected chi connectivity index (χ3v) is 7.23. The maximum atomic E-state index is 14.2. The van der Waals surface area contributed by atoms with E-state index in [0.717, 1.165) is 43.8 Å². The third-order valence-electron chi connectivity index (χ3n) is 6.43. The molecule has 172 valence electrons. The Labute approximate surface area is 206 Å². The molecular weight excluding hydrogens is 454 g/mol. The van der Waals surface area contributed by atoms with E-state index in [-0.39, 0.29) is 11.5 Å². The van der Waals surface area contributed by atoms with Crippen LogP contribution in [0, 0.1) is 0 Å². The normalized spacial score (nSPS) is 12.4. The third kappa shape index (κ3) is 3.74. The van der Waals surface area contributed by atoms with Gasteiger partial charge in [0.05, 0.1) is 27.5 Å². The largest absolute Gasteiger partial charge is 0.280 e. The van der Waals surface area contributed by atoms with E-state index in [1.54, 1.807) is 22.2 Å². The van der Waals surface area contributed by atoms with Gasteiger partial charge in [-0.15, -0.1) is 11.3 Å². The van der Waals surface area contributed by atoms with Crippen molar-refractivity contribution in [2.24, 2.45) is 7.05 Å². The van der Waals surface area contributed by atoms with Crippen molar-refractivity contribution in [3.8, 4) is 16.8 Å². The van der Waals surface area contributed by atoms with Crippen molar-refractivity contribution in [1.82, 2.24) is 24.3 Å². The first-order valence-electron chi connectivity index (χ1n) is 11.5. The van der Waals surface area contributed by atoms with Crippen LogP contribution in [0.1, 0.15) is 24.2 Å². The molecule has 0 unspecified atom stereocenters. The second-order valence-electron chi connectivity index (χ2n) is 8.78. The van der Waals surface area contributed by atoms with Crippen LogP contribution in [0.5, 0.6) is 0 Å². The summed E-state index contributed by atoms with van der Waals surface area (Å²) in [6.07, 6.45) is 6.27. The van der Waals surface area contributed by atoms with Gasteiger partial charge in [-0.3, -0.25) is 19.0 Å². The van der Waals surface area contributed by atoms with Crippen LogP contribution < -0.4 is 5.56 Å². The average molecular weight is 478 g/mol. The van der Waals surface area contributed by atoms with Gasteiger partial charge in [-0.05, 0) is 41.6 Å². The highest BCUT2D eigenvalue weighted by atomic mass is 32.1. The number of nitrogens with zero attached hydrogens (tertiary/aromatic N) is 5. The molecule has 6 aromatic rings. The highest BCUT2D eigenvalue weighted by Gasteiger charge is 2.20. The quantitative estimate of drug-likeness (QED) is 0.317. The second kappa shape index (κ2) is 8.60. The Hall–Kier alpha value is -4.10. The molecule has 0 aliphatic carbocycles. The summed E-state index contributed by atoms with van der Waals surface area (Å²) in [7, 11) is 1.88. The predicted octanol–water partition coefficient (Wildman–Crippen LogP) is 5.74. The van der Waals surface area contributed by atoms with E-state index in [9.17, 15) is 4.79 Å². The Morgan fingerprint density at radius 3 is 2.69 bits per heavy atom. The SMILES string of the molecule is C[C@H](Cc1nccc2scnc12)c1cc2cccc(-c3cnn(C)c3)c2c(=O)n1-c1ccccc1. The minimum atomic E-state index is -0.0326. The van der Waals surface area contributed by atoms with Crippen LogP contribution in [-0.4, -0.2) is 24.3 Å². The Bertz CT molecular complexity index is 1730. The number of pyridine rings is 2. The first kappa shape index (κ1) is 21.4. The molecular formula is C28H23N5OS. The number of hydrogen-bond donors (Lipinski definition) is 0. The van der Waals surface area contributed by atoms with Crippen LogP contribution in [0.25, 0.3) is 37.8 Å². The molecule has 0 radical (unpaired) electrons.